The molecule has 0 unspecified atom stereocenters. The number of nitrogens with zero attached hydrogens (tertiary/aromatic N) is 3. The zero-order chi connectivity index (χ0) is 15.5. The van der Waals surface area contributed by atoms with Gasteiger partial charge in [0.2, 0.25) is 11.7 Å². The maximum atomic E-state index is 12.6. The number of alkyl halides is 3. The van der Waals surface area contributed by atoms with Gasteiger partial charge in [0.05, 0.1) is 7.11 Å². The lowest BCUT2D eigenvalue weighted by atomic mass is 10.3. The number of anilines is 2. The van der Waals surface area contributed by atoms with Crippen LogP contribution in [0.2, 0.25) is 0 Å². The van der Waals surface area contributed by atoms with Crippen LogP contribution in [-0.4, -0.2) is 22.1 Å². The third-order valence-corrected chi connectivity index (χ3v) is 2.48. The molecule has 0 aliphatic carbocycles. The van der Waals surface area contributed by atoms with E-state index in [4.69, 9.17) is 10.5 Å². The van der Waals surface area contributed by atoms with Crippen LogP contribution in [0.1, 0.15) is 11.4 Å². The summed E-state index contributed by atoms with van der Waals surface area (Å²) in [4.78, 5) is 10.5. The van der Waals surface area contributed by atoms with E-state index in [1.54, 1.807) is 18.3 Å². The van der Waals surface area contributed by atoms with Crippen molar-refractivity contribution in [2.75, 3.05) is 18.2 Å². The molecule has 9 heteroatoms. The number of halogens is 3. The van der Waals surface area contributed by atoms with Crippen LogP contribution < -0.4 is 15.8 Å². The van der Waals surface area contributed by atoms with Gasteiger partial charge in [-0.1, -0.05) is 6.07 Å². The molecule has 2 aromatic heterocycles. The molecule has 112 valence electrons. The van der Waals surface area contributed by atoms with E-state index in [9.17, 15) is 13.2 Å². The summed E-state index contributed by atoms with van der Waals surface area (Å²) < 4.78 is 42.6. The Bertz CT molecular complexity index is 615. The Morgan fingerprint density at radius 2 is 2.05 bits per heavy atom. The van der Waals surface area contributed by atoms with Crippen LogP contribution in [0.15, 0.2) is 24.4 Å². The lowest BCUT2D eigenvalue weighted by Crippen LogP contribution is -2.14. The van der Waals surface area contributed by atoms with Crippen molar-refractivity contribution in [3.05, 3.63) is 35.8 Å². The molecule has 21 heavy (non-hydrogen) atoms. The average molecular weight is 299 g/mol. The van der Waals surface area contributed by atoms with Gasteiger partial charge < -0.3 is 15.8 Å². The van der Waals surface area contributed by atoms with Crippen molar-refractivity contribution in [2.45, 2.75) is 12.7 Å². The summed E-state index contributed by atoms with van der Waals surface area (Å²) in [5.41, 5.74) is 6.09. The summed E-state index contributed by atoms with van der Waals surface area (Å²) in [5, 5.41) is 2.74. The molecule has 0 atom stereocenters. The number of aromatic nitrogens is 3. The van der Waals surface area contributed by atoms with Gasteiger partial charge in [-0.2, -0.15) is 13.2 Å². The first-order valence-corrected chi connectivity index (χ1v) is 5.83. The lowest BCUT2D eigenvalue weighted by molar-refractivity contribution is -0.144. The monoisotopic (exact) mass is 299 g/mol. The van der Waals surface area contributed by atoms with Crippen LogP contribution in [0.3, 0.4) is 0 Å². The number of nitrogens with one attached hydrogen (secondary N) is 1. The molecule has 0 amide bonds. The van der Waals surface area contributed by atoms with Crippen molar-refractivity contribution in [2.24, 2.45) is 0 Å². The molecule has 0 aromatic carbocycles. The summed E-state index contributed by atoms with van der Waals surface area (Å²) in [6, 6.07) is 4.60. The minimum absolute atomic E-state index is 0.00866. The van der Waals surface area contributed by atoms with Crippen molar-refractivity contribution in [1.82, 2.24) is 15.0 Å². The van der Waals surface area contributed by atoms with Gasteiger partial charge in [-0.05, 0) is 5.56 Å². The fourth-order valence-corrected chi connectivity index (χ4v) is 1.51. The Labute approximate surface area is 118 Å². The van der Waals surface area contributed by atoms with Crippen LogP contribution in [0.25, 0.3) is 0 Å². The van der Waals surface area contributed by atoms with Gasteiger partial charge in [0, 0.05) is 24.9 Å². The van der Waals surface area contributed by atoms with Gasteiger partial charge in [-0.25, -0.2) is 15.0 Å². The maximum Gasteiger partial charge on any atom is 0.451 e. The zero-order valence-corrected chi connectivity index (χ0v) is 11.0. The molecule has 0 spiro atoms. The number of nitrogens with two attached hydrogens (primary N) is 1. The van der Waals surface area contributed by atoms with E-state index in [1.165, 1.54) is 13.2 Å². The Morgan fingerprint density at radius 3 is 2.62 bits per heavy atom. The molecule has 6 nitrogen and oxygen atoms in total. The van der Waals surface area contributed by atoms with Crippen LogP contribution >= 0.6 is 0 Å². The SMILES string of the molecule is COc1ccc(CNc2cc(N)nc(C(F)(F)F)n2)cn1. The molecule has 0 aliphatic rings. The summed E-state index contributed by atoms with van der Waals surface area (Å²) in [6.45, 7) is 0.241. The van der Waals surface area contributed by atoms with Gasteiger partial charge in [-0.15, -0.1) is 0 Å². The second-order valence-corrected chi connectivity index (χ2v) is 4.06. The minimum Gasteiger partial charge on any atom is -0.481 e. The number of rotatable bonds is 4. The molecule has 3 N–H and O–H groups in total. The van der Waals surface area contributed by atoms with E-state index < -0.39 is 12.0 Å². The summed E-state index contributed by atoms with van der Waals surface area (Å²) in [6.07, 6.45) is -3.10. The number of hydrogen-bond donors (Lipinski definition) is 2. The quantitative estimate of drug-likeness (QED) is 0.899. The molecule has 0 radical (unpaired) electrons. The highest BCUT2D eigenvalue weighted by atomic mass is 19.4. The first kappa shape index (κ1) is 14.8. The molecule has 0 fully saturated rings. The molecule has 0 saturated heterocycles. The van der Waals surface area contributed by atoms with E-state index in [0.717, 1.165) is 5.56 Å². The Balaban J connectivity index is 2.10. The number of methoxy groups -OCH3 is 1. The van der Waals surface area contributed by atoms with E-state index >= 15 is 0 Å². The van der Waals surface area contributed by atoms with Gasteiger partial charge in [0.15, 0.2) is 0 Å². The van der Waals surface area contributed by atoms with Crippen LogP contribution in [-0.2, 0) is 12.7 Å². The molecule has 0 aliphatic heterocycles. The second kappa shape index (κ2) is 5.81. The highest BCUT2D eigenvalue weighted by Gasteiger charge is 2.35. The molecule has 2 aromatic rings. The average Bonchev–Trinajstić information content (AvgIpc) is 2.44. The Morgan fingerprint density at radius 1 is 1.29 bits per heavy atom. The lowest BCUT2D eigenvalue weighted by Gasteiger charge is -2.10. The molecular weight excluding hydrogens is 287 g/mol. The predicted octanol–water partition coefficient (Wildman–Crippen LogP) is 2.09. The zero-order valence-electron chi connectivity index (χ0n) is 11.0. The largest absolute Gasteiger partial charge is 0.481 e. The molecule has 0 bridgehead atoms. The molecule has 0 saturated carbocycles. The van der Waals surface area contributed by atoms with Gasteiger partial charge >= 0.3 is 6.18 Å². The smallest absolute Gasteiger partial charge is 0.451 e. The molecule has 2 heterocycles. The standard InChI is InChI=1S/C12H12F3N5O/c1-21-10-3-2-7(6-18-10)5-17-9-4-8(16)19-11(20-9)12(13,14)15/h2-4,6H,5H2,1H3,(H3,16,17,19,20). The number of ether oxygens (including phenoxy) is 1. The maximum absolute atomic E-state index is 12.6. The Kier molecular flexibility index (Phi) is 4.10. The first-order valence-electron chi connectivity index (χ1n) is 5.83. The second-order valence-electron chi connectivity index (χ2n) is 4.06. The van der Waals surface area contributed by atoms with E-state index in [1.807, 2.05) is 0 Å². The minimum atomic E-state index is -4.65. The van der Waals surface area contributed by atoms with Crippen molar-refractivity contribution in [1.29, 1.82) is 0 Å². The van der Waals surface area contributed by atoms with E-state index in [-0.39, 0.29) is 18.2 Å². The van der Waals surface area contributed by atoms with Crippen molar-refractivity contribution in [3.8, 4) is 5.88 Å². The van der Waals surface area contributed by atoms with E-state index in [0.29, 0.717) is 5.88 Å². The number of pyridine rings is 1. The van der Waals surface area contributed by atoms with Crippen LogP contribution in [0.5, 0.6) is 5.88 Å². The number of nitrogen functional groups attached to an aromatic ring is 1. The highest BCUT2D eigenvalue weighted by Crippen LogP contribution is 2.27. The third kappa shape index (κ3) is 3.94. The fraction of sp³-hybridized carbons (Fsp3) is 0.250. The van der Waals surface area contributed by atoms with Gasteiger partial charge in [-0.3, -0.25) is 0 Å². The summed E-state index contributed by atoms with van der Waals surface area (Å²) in [7, 11) is 1.49. The van der Waals surface area contributed by atoms with E-state index in [2.05, 4.69) is 20.3 Å². The predicted molar refractivity (Wildman–Crippen MR) is 69.6 cm³/mol. The normalized spacial score (nSPS) is 11.2. The van der Waals surface area contributed by atoms with Gasteiger partial charge in [0.1, 0.15) is 11.6 Å². The van der Waals surface area contributed by atoms with Crippen LogP contribution in [0, 0.1) is 0 Å². The summed E-state index contributed by atoms with van der Waals surface area (Å²) >= 11 is 0. The first-order chi connectivity index (χ1) is 9.88. The summed E-state index contributed by atoms with van der Waals surface area (Å²) in [5.74, 6) is -1.10. The van der Waals surface area contributed by atoms with Crippen LogP contribution in [0.4, 0.5) is 24.8 Å². The van der Waals surface area contributed by atoms with Crippen molar-refractivity contribution in [3.63, 3.8) is 0 Å². The Hall–Kier alpha value is -2.58. The molecule has 2 rings (SSSR count). The fourth-order valence-electron chi connectivity index (χ4n) is 1.51. The van der Waals surface area contributed by atoms with Gasteiger partial charge in [0.25, 0.3) is 0 Å². The topological polar surface area (TPSA) is 86.0 Å². The third-order valence-electron chi connectivity index (χ3n) is 2.48. The van der Waals surface area contributed by atoms with Crippen molar-refractivity contribution < 1.29 is 17.9 Å². The van der Waals surface area contributed by atoms with Crippen molar-refractivity contribution >= 4 is 11.6 Å². The molecular formula is C12H12F3N5O. The highest BCUT2D eigenvalue weighted by molar-refractivity contribution is 5.45. The number of hydrogen-bond acceptors (Lipinski definition) is 6.